The van der Waals surface area contributed by atoms with Crippen molar-refractivity contribution >= 4 is 0 Å². The summed E-state index contributed by atoms with van der Waals surface area (Å²) in [4.78, 5) is 4.26. The Kier molecular flexibility index (Phi) is 4.50. The zero-order chi connectivity index (χ0) is 14.0. The maximum absolute atomic E-state index is 13.8. The molecule has 0 aliphatic carbocycles. The molecule has 1 heterocycles. The average Bonchev–Trinajstić information content (AvgIpc) is 2.51. The van der Waals surface area contributed by atoms with E-state index in [0.717, 1.165) is 19.5 Å². The third-order valence-corrected chi connectivity index (χ3v) is 3.86. The van der Waals surface area contributed by atoms with Crippen LogP contribution in [0.15, 0.2) is 18.2 Å². The molecule has 106 valence electrons. The SMILES string of the molecule is CN1CCCN(C)C(C(N)c2c(F)cccc2F)C1. The Morgan fingerprint density at radius 3 is 2.47 bits per heavy atom. The van der Waals surface area contributed by atoms with Crippen LogP contribution in [0.3, 0.4) is 0 Å². The second-order valence-electron chi connectivity index (χ2n) is 5.32. The summed E-state index contributed by atoms with van der Waals surface area (Å²) in [6, 6.07) is 3.15. The van der Waals surface area contributed by atoms with Gasteiger partial charge in [-0.2, -0.15) is 0 Å². The molecule has 2 N–H and O–H groups in total. The highest BCUT2D eigenvalue weighted by Gasteiger charge is 2.30. The Bertz CT molecular complexity index is 418. The molecule has 1 saturated heterocycles. The van der Waals surface area contributed by atoms with Crippen molar-refractivity contribution < 1.29 is 8.78 Å². The van der Waals surface area contributed by atoms with Crippen LogP contribution in [0.25, 0.3) is 0 Å². The number of hydrogen-bond donors (Lipinski definition) is 1. The van der Waals surface area contributed by atoms with Gasteiger partial charge in [-0.1, -0.05) is 6.07 Å². The van der Waals surface area contributed by atoms with Crippen molar-refractivity contribution in [3.05, 3.63) is 35.4 Å². The highest BCUT2D eigenvalue weighted by Crippen LogP contribution is 2.25. The molecule has 1 aliphatic rings. The lowest BCUT2D eigenvalue weighted by Crippen LogP contribution is -2.45. The molecule has 19 heavy (non-hydrogen) atoms. The van der Waals surface area contributed by atoms with Gasteiger partial charge in [0.2, 0.25) is 0 Å². The first-order valence-electron chi connectivity index (χ1n) is 6.59. The molecule has 3 nitrogen and oxygen atoms in total. The van der Waals surface area contributed by atoms with Gasteiger partial charge >= 0.3 is 0 Å². The van der Waals surface area contributed by atoms with E-state index in [0.29, 0.717) is 6.54 Å². The monoisotopic (exact) mass is 269 g/mol. The van der Waals surface area contributed by atoms with E-state index < -0.39 is 17.7 Å². The van der Waals surface area contributed by atoms with Gasteiger partial charge < -0.3 is 15.5 Å². The molecule has 2 atom stereocenters. The number of nitrogens with zero attached hydrogens (tertiary/aromatic N) is 2. The van der Waals surface area contributed by atoms with Gasteiger partial charge in [0.15, 0.2) is 0 Å². The normalized spacial score (nSPS) is 24.2. The molecule has 0 bridgehead atoms. The van der Waals surface area contributed by atoms with Crippen LogP contribution >= 0.6 is 0 Å². The maximum atomic E-state index is 13.8. The van der Waals surface area contributed by atoms with Crippen LogP contribution in [0.5, 0.6) is 0 Å². The lowest BCUT2D eigenvalue weighted by Gasteiger charge is -2.32. The molecule has 2 rings (SSSR count). The number of nitrogens with two attached hydrogens (primary N) is 1. The fourth-order valence-electron chi connectivity index (χ4n) is 2.72. The van der Waals surface area contributed by atoms with Crippen LogP contribution in [0.4, 0.5) is 8.78 Å². The summed E-state index contributed by atoms with van der Waals surface area (Å²) in [6.07, 6.45) is 1.04. The number of likely N-dealkylation sites (N-methyl/N-ethyl adjacent to an activating group) is 2. The number of benzene rings is 1. The number of rotatable bonds is 2. The molecule has 0 amide bonds. The fourth-order valence-corrected chi connectivity index (χ4v) is 2.72. The lowest BCUT2D eigenvalue weighted by atomic mass is 9.97. The molecule has 1 aromatic carbocycles. The van der Waals surface area contributed by atoms with E-state index >= 15 is 0 Å². The van der Waals surface area contributed by atoms with Gasteiger partial charge in [-0.25, -0.2) is 8.78 Å². The van der Waals surface area contributed by atoms with Gasteiger partial charge in [-0.05, 0) is 45.7 Å². The van der Waals surface area contributed by atoms with Gasteiger partial charge in [-0.15, -0.1) is 0 Å². The predicted octanol–water partition coefficient (Wildman–Crippen LogP) is 1.60. The quantitative estimate of drug-likeness (QED) is 0.885. The first-order valence-corrected chi connectivity index (χ1v) is 6.59. The standard InChI is InChI=1S/C14H21F2N3/c1-18-7-4-8-19(2)12(9-18)14(17)13-10(15)5-3-6-11(13)16/h3,5-6,12,14H,4,7-9,17H2,1-2H3. The van der Waals surface area contributed by atoms with Crippen LogP contribution in [0.2, 0.25) is 0 Å². The Labute approximate surface area is 113 Å². The number of halogens is 2. The van der Waals surface area contributed by atoms with Gasteiger partial charge in [-0.3, -0.25) is 0 Å². The maximum Gasteiger partial charge on any atom is 0.130 e. The first-order chi connectivity index (χ1) is 9.00. The van der Waals surface area contributed by atoms with Crippen LogP contribution in [0, 0.1) is 11.6 Å². The molecule has 2 unspecified atom stereocenters. The van der Waals surface area contributed by atoms with E-state index in [1.165, 1.54) is 18.2 Å². The van der Waals surface area contributed by atoms with Crippen molar-refractivity contribution in [1.29, 1.82) is 0 Å². The van der Waals surface area contributed by atoms with E-state index in [-0.39, 0.29) is 11.6 Å². The van der Waals surface area contributed by atoms with E-state index in [4.69, 9.17) is 5.73 Å². The van der Waals surface area contributed by atoms with Crippen LogP contribution < -0.4 is 5.73 Å². The summed E-state index contributed by atoms with van der Waals surface area (Å²) in [5, 5.41) is 0. The second-order valence-corrected chi connectivity index (χ2v) is 5.32. The molecule has 1 aromatic rings. The molecule has 5 heteroatoms. The molecule has 0 saturated carbocycles. The third kappa shape index (κ3) is 3.11. The van der Waals surface area contributed by atoms with Crippen molar-refractivity contribution in [2.45, 2.75) is 18.5 Å². The summed E-state index contributed by atoms with van der Waals surface area (Å²) in [5.74, 6) is -1.12. The molecular weight excluding hydrogens is 248 g/mol. The van der Waals surface area contributed by atoms with E-state index in [1.807, 2.05) is 14.1 Å². The lowest BCUT2D eigenvalue weighted by molar-refractivity contribution is 0.192. The largest absolute Gasteiger partial charge is 0.322 e. The van der Waals surface area contributed by atoms with Crippen LogP contribution in [-0.4, -0.2) is 49.6 Å². The van der Waals surface area contributed by atoms with Crippen LogP contribution in [0.1, 0.15) is 18.0 Å². The molecular formula is C14H21F2N3. The Hall–Kier alpha value is -1.04. The summed E-state index contributed by atoms with van der Waals surface area (Å²) in [6.45, 7) is 2.58. The van der Waals surface area contributed by atoms with Gasteiger partial charge in [0.1, 0.15) is 11.6 Å². The highest BCUT2D eigenvalue weighted by molar-refractivity contribution is 5.24. The summed E-state index contributed by atoms with van der Waals surface area (Å²) < 4.78 is 27.7. The molecule has 0 radical (unpaired) electrons. The fraction of sp³-hybridized carbons (Fsp3) is 0.571. The van der Waals surface area contributed by atoms with Gasteiger partial charge in [0.05, 0.1) is 6.04 Å². The topological polar surface area (TPSA) is 32.5 Å². The van der Waals surface area contributed by atoms with Crippen molar-refractivity contribution in [2.75, 3.05) is 33.7 Å². The average molecular weight is 269 g/mol. The smallest absolute Gasteiger partial charge is 0.130 e. The van der Waals surface area contributed by atoms with E-state index in [2.05, 4.69) is 9.80 Å². The molecule has 1 aliphatic heterocycles. The third-order valence-electron chi connectivity index (χ3n) is 3.86. The molecule has 1 fully saturated rings. The Morgan fingerprint density at radius 1 is 1.21 bits per heavy atom. The number of hydrogen-bond acceptors (Lipinski definition) is 3. The zero-order valence-electron chi connectivity index (χ0n) is 11.4. The van der Waals surface area contributed by atoms with Crippen molar-refractivity contribution in [1.82, 2.24) is 9.80 Å². The molecule has 0 aromatic heterocycles. The zero-order valence-corrected chi connectivity index (χ0v) is 11.4. The van der Waals surface area contributed by atoms with E-state index in [1.54, 1.807) is 0 Å². The minimum Gasteiger partial charge on any atom is -0.322 e. The second kappa shape index (κ2) is 5.94. The van der Waals surface area contributed by atoms with Crippen molar-refractivity contribution in [3.63, 3.8) is 0 Å². The van der Waals surface area contributed by atoms with Gasteiger partial charge in [0, 0.05) is 18.2 Å². The van der Waals surface area contributed by atoms with Crippen molar-refractivity contribution in [3.8, 4) is 0 Å². The van der Waals surface area contributed by atoms with E-state index in [9.17, 15) is 8.78 Å². The highest BCUT2D eigenvalue weighted by atomic mass is 19.1. The Balaban J connectivity index is 2.28. The minimum atomic E-state index is -0.660. The van der Waals surface area contributed by atoms with Gasteiger partial charge in [0.25, 0.3) is 0 Å². The molecule has 0 spiro atoms. The summed E-state index contributed by atoms with van der Waals surface area (Å²) in [5.41, 5.74) is 6.14. The van der Waals surface area contributed by atoms with Crippen molar-refractivity contribution in [2.24, 2.45) is 5.73 Å². The first kappa shape index (κ1) is 14.4. The minimum absolute atomic E-state index is 0.00495. The van der Waals surface area contributed by atoms with Crippen LogP contribution in [-0.2, 0) is 0 Å². The summed E-state index contributed by atoms with van der Waals surface area (Å²) in [7, 11) is 3.97. The predicted molar refractivity (Wildman–Crippen MR) is 71.8 cm³/mol. The Morgan fingerprint density at radius 2 is 1.84 bits per heavy atom. The summed E-state index contributed by atoms with van der Waals surface area (Å²) >= 11 is 0.